The number of aliphatic carboxylic acids is 1. The number of hydrogen-bond donors (Lipinski definition) is 2. The Morgan fingerprint density at radius 3 is 2.71 bits per heavy atom. The van der Waals surface area contributed by atoms with Crippen LogP contribution in [0.2, 0.25) is 0 Å². The van der Waals surface area contributed by atoms with Crippen LogP contribution < -0.4 is 5.73 Å². The number of hydrogen-bond acceptors (Lipinski definition) is 5. The molecule has 3 N–H and O–H groups in total. The fourth-order valence-electron chi connectivity index (χ4n) is 1.47. The molecule has 1 atom stereocenters. The molecule has 0 bridgehead atoms. The molecule has 6 heteroatoms. The third-order valence-electron chi connectivity index (χ3n) is 2.39. The molecule has 0 radical (unpaired) electrons. The Hall–Kier alpha value is -1.14. The number of methoxy groups -OCH3 is 1. The van der Waals surface area contributed by atoms with Crippen LogP contribution in [0.1, 0.15) is 6.42 Å². The summed E-state index contributed by atoms with van der Waals surface area (Å²) in [4.78, 5) is 23.3. The van der Waals surface area contributed by atoms with E-state index in [0.717, 1.165) is 0 Å². The lowest BCUT2D eigenvalue weighted by molar-refractivity contribution is -0.144. The Labute approximate surface area is 81.6 Å². The summed E-state index contributed by atoms with van der Waals surface area (Å²) in [6.07, 6.45) is 0.360. The highest BCUT2D eigenvalue weighted by atomic mass is 16.5. The van der Waals surface area contributed by atoms with Gasteiger partial charge in [0.25, 0.3) is 0 Å². The Morgan fingerprint density at radius 1 is 1.64 bits per heavy atom. The molecule has 6 nitrogen and oxygen atoms in total. The first kappa shape index (κ1) is 10.9. The second-order valence-corrected chi connectivity index (χ2v) is 3.50. The molecule has 0 aliphatic carbocycles. The van der Waals surface area contributed by atoms with Crippen molar-refractivity contribution >= 4 is 11.9 Å². The lowest BCUT2D eigenvalue weighted by atomic mass is 10.0. The van der Waals surface area contributed by atoms with Crippen LogP contribution in [0.5, 0.6) is 0 Å². The lowest BCUT2D eigenvalue weighted by Crippen LogP contribution is -2.50. The zero-order valence-corrected chi connectivity index (χ0v) is 8.02. The number of esters is 1. The number of carboxylic acid groups (broad SMARTS) is 1. The van der Waals surface area contributed by atoms with E-state index >= 15 is 0 Å². The van der Waals surface area contributed by atoms with Gasteiger partial charge in [0.1, 0.15) is 5.54 Å². The van der Waals surface area contributed by atoms with Crippen molar-refractivity contribution in [2.24, 2.45) is 5.73 Å². The van der Waals surface area contributed by atoms with Crippen LogP contribution in [-0.2, 0) is 14.3 Å². The molecule has 1 fully saturated rings. The van der Waals surface area contributed by atoms with Crippen molar-refractivity contribution in [3.05, 3.63) is 0 Å². The van der Waals surface area contributed by atoms with E-state index in [1.807, 2.05) is 0 Å². The number of nitrogens with zero attached hydrogens (tertiary/aromatic N) is 1. The molecule has 0 amide bonds. The van der Waals surface area contributed by atoms with Crippen LogP contribution in [0.25, 0.3) is 0 Å². The van der Waals surface area contributed by atoms with Crippen LogP contribution >= 0.6 is 0 Å². The Morgan fingerprint density at radius 2 is 2.29 bits per heavy atom. The average Bonchev–Trinajstić information content (AvgIpc) is 2.49. The van der Waals surface area contributed by atoms with Crippen LogP contribution in [0.3, 0.4) is 0 Å². The summed E-state index contributed by atoms with van der Waals surface area (Å²) in [5, 5.41) is 8.81. The number of carbonyl (C=O) groups excluding carboxylic acids is 1. The van der Waals surface area contributed by atoms with Crippen LogP contribution in [-0.4, -0.2) is 54.2 Å². The van der Waals surface area contributed by atoms with Crippen LogP contribution in [0.4, 0.5) is 0 Å². The molecule has 1 unspecified atom stereocenters. The number of carboxylic acids is 1. The third-order valence-corrected chi connectivity index (χ3v) is 2.39. The van der Waals surface area contributed by atoms with E-state index in [1.165, 1.54) is 7.11 Å². The molecule has 1 rings (SSSR count). The number of ether oxygens (including phenoxy) is 1. The van der Waals surface area contributed by atoms with Gasteiger partial charge < -0.3 is 15.6 Å². The summed E-state index contributed by atoms with van der Waals surface area (Å²) in [6, 6.07) is 0. The minimum atomic E-state index is -1.21. The van der Waals surface area contributed by atoms with E-state index in [0.29, 0.717) is 13.0 Å². The normalized spacial score (nSPS) is 27.6. The molecule has 1 saturated heterocycles. The van der Waals surface area contributed by atoms with Gasteiger partial charge >= 0.3 is 11.9 Å². The van der Waals surface area contributed by atoms with E-state index in [-0.39, 0.29) is 19.1 Å². The van der Waals surface area contributed by atoms with Gasteiger partial charge in [-0.3, -0.25) is 14.5 Å². The van der Waals surface area contributed by atoms with E-state index < -0.39 is 11.5 Å². The van der Waals surface area contributed by atoms with Crippen molar-refractivity contribution in [1.82, 2.24) is 4.90 Å². The van der Waals surface area contributed by atoms with Crippen LogP contribution in [0.15, 0.2) is 0 Å². The van der Waals surface area contributed by atoms with Gasteiger partial charge in [-0.25, -0.2) is 0 Å². The van der Waals surface area contributed by atoms with Gasteiger partial charge in [0.2, 0.25) is 0 Å². The van der Waals surface area contributed by atoms with Crippen molar-refractivity contribution in [2.45, 2.75) is 12.0 Å². The van der Waals surface area contributed by atoms with E-state index in [1.54, 1.807) is 4.90 Å². The highest BCUT2D eigenvalue weighted by Crippen LogP contribution is 2.18. The third kappa shape index (κ3) is 2.21. The number of carbonyl (C=O) groups is 2. The summed E-state index contributed by atoms with van der Waals surface area (Å²) >= 11 is 0. The fraction of sp³-hybridized carbons (Fsp3) is 0.750. The van der Waals surface area contributed by atoms with E-state index in [9.17, 15) is 9.59 Å². The van der Waals surface area contributed by atoms with Crippen molar-refractivity contribution in [2.75, 3.05) is 26.7 Å². The zero-order chi connectivity index (χ0) is 10.8. The van der Waals surface area contributed by atoms with Crippen molar-refractivity contribution in [3.63, 3.8) is 0 Å². The summed E-state index contributed by atoms with van der Waals surface area (Å²) in [7, 11) is 1.30. The van der Waals surface area contributed by atoms with E-state index in [4.69, 9.17) is 10.8 Å². The molecule has 1 heterocycles. The molecular weight excluding hydrogens is 188 g/mol. The lowest BCUT2D eigenvalue weighted by Gasteiger charge is -2.18. The first-order valence-corrected chi connectivity index (χ1v) is 4.29. The summed E-state index contributed by atoms with van der Waals surface area (Å²) in [6.45, 7) is 0.804. The molecule has 0 aromatic carbocycles. The quantitative estimate of drug-likeness (QED) is 0.549. The Balaban J connectivity index is 2.49. The summed E-state index contributed by atoms with van der Waals surface area (Å²) in [5.41, 5.74) is 4.40. The average molecular weight is 202 g/mol. The molecular formula is C8H14N2O4. The second kappa shape index (κ2) is 3.93. The van der Waals surface area contributed by atoms with Gasteiger partial charge in [-0.1, -0.05) is 0 Å². The Kier molecular flexibility index (Phi) is 3.07. The van der Waals surface area contributed by atoms with Gasteiger partial charge in [-0.15, -0.1) is 0 Å². The number of rotatable bonds is 3. The smallest absolute Gasteiger partial charge is 0.325 e. The van der Waals surface area contributed by atoms with Gasteiger partial charge in [0, 0.05) is 13.1 Å². The predicted molar refractivity (Wildman–Crippen MR) is 47.6 cm³/mol. The maximum Gasteiger partial charge on any atom is 0.325 e. The first-order valence-electron chi connectivity index (χ1n) is 4.29. The van der Waals surface area contributed by atoms with E-state index in [2.05, 4.69) is 4.74 Å². The topological polar surface area (TPSA) is 92.9 Å². The zero-order valence-electron chi connectivity index (χ0n) is 8.02. The molecule has 1 aliphatic rings. The predicted octanol–water partition coefficient (Wildman–Crippen LogP) is -1.35. The van der Waals surface area contributed by atoms with Gasteiger partial charge in [-0.05, 0) is 6.42 Å². The number of likely N-dealkylation sites (tertiary alicyclic amines) is 1. The summed E-state index contributed by atoms with van der Waals surface area (Å²) in [5.74, 6) is -1.40. The molecule has 14 heavy (non-hydrogen) atoms. The van der Waals surface area contributed by atoms with Crippen molar-refractivity contribution < 1.29 is 19.4 Å². The maximum atomic E-state index is 10.9. The largest absolute Gasteiger partial charge is 0.480 e. The maximum absolute atomic E-state index is 10.9. The SMILES string of the molecule is COC(=O)CN1CCC(N)(C(=O)O)C1. The Bertz CT molecular complexity index is 256. The number of nitrogens with two attached hydrogens (primary N) is 1. The molecule has 80 valence electrons. The molecule has 0 aromatic rings. The van der Waals surface area contributed by atoms with Gasteiger partial charge in [0.05, 0.1) is 13.7 Å². The van der Waals surface area contributed by atoms with Crippen LogP contribution in [0, 0.1) is 0 Å². The fourth-order valence-corrected chi connectivity index (χ4v) is 1.47. The van der Waals surface area contributed by atoms with Gasteiger partial charge in [-0.2, -0.15) is 0 Å². The second-order valence-electron chi connectivity index (χ2n) is 3.50. The monoisotopic (exact) mass is 202 g/mol. The molecule has 0 aromatic heterocycles. The summed E-state index contributed by atoms with van der Waals surface area (Å²) < 4.78 is 4.47. The van der Waals surface area contributed by atoms with Crippen molar-refractivity contribution in [3.8, 4) is 0 Å². The molecule has 0 spiro atoms. The highest BCUT2D eigenvalue weighted by molar-refractivity contribution is 5.79. The highest BCUT2D eigenvalue weighted by Gasteiger charge is 2.41. The van der Waals surface area contributed by atoms with Gasteiger partial charge in [0.15, 0.2) is 0 Å². The minimum absolute atomic E-state index is 0.0999. The van der Waals surface area contributed by atoms with Crippen molar-refractivity contribution in [1.29, 1.82) is 0 Å². The molecule has 0 saturated carbocycles. The standard InChI is InChI=1S/C8H14N2O4/c1-14-6(11)4-10-3-2-8(9,5-10)7(12)13/h2-5,9H2,1H3,(H,12,13). The molecule has 1 aliphatic heterocycles. The first-order chi connectivity index (χ1) is 6.48. The minimum Gasteiger partial charge on any atom is -0.480 e.